The molecule has 0 unspecified atom stereocenters. The van der Waals surface area contributed by atoms with Crippen molar-refractivity contribution in [3.8, 4) is 0 Å². The Labute approximate surface area is 155 Å². The third kappa shape index (κ3) is 5.22. The second kappa shape index (κ2) is 9.22. The highest BCUT2D eigenvalue weighted by Gasteiger charge is 2.16. The molecule has 1 aromatic carbocycles. The normalized spacial score (nSPS) is 14.7. The zero-order valence-electron chi connectivity index (χ0n) is 15.4. The number of amides is 2. The third-order valence-electron chi connectivity index (χ3n) is 4.89. The summed E-state index contributed by atoms with van der Waals surface area (Å²) in [6.45, 7) is 3.87. The van der Waals surface area contributed by atoms with Gasteiger partial charge in [-0.1, -0.05) is 49.6 Å². The number of pyridine rings is 1. The van der Waals surface area contributed by atoms with E-state index in [0.29, 0.717) is 11.9 Å². The molecule has 26 heavy (non-hydrogen) atoms. The van der Waals surface area contributed by atoms with E-state index in [-0.39, 0.29) is 6.03 Å². The van der Waals surface area contributed by atoms with E-state index in [2.05, 4.69) is 51.7 Å². The number of hydrogen-bond acceptors (Lipinski definition) is 3. The molecule has 1 aliphatic carbocycles. The molecule has 1 aromatic heterocycles. The van der Waals surface area contributed by atoms with Gasteiger partial charge in [0.15, 0.2) is 0 Å². The average Bonchev–Trinajstić information content (AvgIpc) is 2.68. The molecule has 2 amide bonds. The second-order valence-corrected chi connectivity index (χ2v) is 6.83. The van der Waals surface area contributed by atoms with Gasteiger partial charge in [-0.3, -0.25) is 5.32 Å². The van der Waals surface area contributed by atoms with Gasteiger partial charge in [-0.25, -0.2) is 9.78 Å². The minimum atomic E-state index is -0.159. The summed E-state index contributed by atoms with van der Waals surface area (Å²) in [6, 6.07) is 14.4. The first kappa shape index (κ1) is 18.2. The Balaban J connectivity index is 1.55. The van der Waals surface area contributed by atoms with Gasteiger partial charge in [0, 0.05) is 19.1 Å². The molecule has 0 bridgehead atoms. The molecule has 0 saturated heterocycles. The zero-order chi connectivity index (χ0) is 18.2. The zero-order valence-corrected chi connectivity index (χ0v) is 15.4. The van der Waals surface area contributed by atoms with Crippen LogP contribution in [-0.4, -0.2) is 23.6 Å². The number of benzene rings is 1. The van der Waals surface area contributed by atoms with E-state index in [1.54, 1.807) is 0 Å². The number of nitrogens with zero attached hydrogens (tertiary/aromatic N) is 2. The molecule has 1 fully saturated rings. The molecule has 5 heteroatoms. The summed E-state index contributed by atoms with van der Waals surface area (Å²) in [5, 5.41) is 5.89. The Bertz CT molecular complexity index is 681. The van der Waals surface area contributed by atoms with Crippen LogP contribution in [0.25, 0.3) is 0 Å². The van der Waals surface area contributed by atoms with Gasteiger partial charge in [-0.2, -0.15) is 0 Å². The molecule has 5 nitrogen and oxygen atoms in total. The fourth-order valence-corrected chi connectivity index (χ4v) is 3.42. The van der Waals surface area contributed by atoms with Gasteiger partial charge in [0.05, 0.1) is 11.9 Å². The van der Waals surface area contributed by atoms with Crippen LogP contribution in [0.4, 0.5) is 16.3 Å². The molecule has 1 heterocycles. The molecule has 138 valence electrons. The van der Waals surface area contributed by atoms with Crippen LogP contribution in [0.1, 0.15) is 44.6 Å². The maximum atomic E-state index is 12.1. The lowest BCUT2D eigenvalue weighted by atomic mass is 9.96. The lowest BCUT2D eigenvalue weighted by molar-refractivity contribution is 0.244. The molecule has 0 aliphatic heterocycles. The van der Waals surface area contributed by atoms with Crippen molar-refractivity contribution in [2.75, 3.05) is 16.8 Å². The maximum Gasteiger partial charge on any atom is 0.320 e. The van der Waals surface area contributed by atoms with E-state index in [0.717, 1.165) is 31.6 Å². The molecule has 0 spiro atoms. The number of anilines is 2. The lowest BCUT2D eigenvalue weighted by Gasteiger charge is -2.24. The summed E-state index contributed by atoms with van der Waals surface area (Å²) in [5.74, 6) is 0.581. The Hall–Kier alpha value is -2.56. The van der Waals surface area contributed by atoms with Crippen molar-refractivity contribution < 1.29 is 4.79 Å². The summed E-state index contributed by atoms with van der Waals surface area (Å²) in [6.07, 6.45) is 7.65. The smallest absolute Gasteiger partial charge is 0.320 e. The SMILES string of the molecule is CCN(Cc1ccccc1)c1ccc(NC(=O)NC2CCCCC2)nc1. The summed E-state index contributed by atoms with van der Waals surface area (Å²) in [5.41, 5.74) is 2.32. The van der Waals surface area contributed by atoms with Crippen LogP contribution in [0.3, 0.4) is 0 Å². The predicted molar refractivity (Wildman–Crippen MR) is 106 cm³/mol. The summed E-state index contributed by atoms with van der Waals surface area (Å²) in [4.78, 5) is 18.8. The van der Waals surface area contributed by atoms with Crippen LogP contribution in [0, 0.1) is 0 Å². The van der Waals surface area contributed by atoms with Crippen LogP contribution in [-0.2, 0) is 6.54 Å². The molecular weight excluding hydrogens is 324 g/mol. The third-order valence-corrected chi connectivity index (χ3v) is 4.89. The molecule has 0 radical (unpaired) electrons. The van der Waals surface area contributed by atoms with Gasteiger partial charge < -0.3 is 10.2 Å². The van der Waals surface area contributed by atoms with Gasteiger partial charge in [-0.15, -0.1) is 0 Å². The van der Waals surface area contributed by atoms with Crippen LogP contribution in [0.5, 0.6) is 0 Å². The summed E-state index contributed by atoms with van der Waals surface area (Å²) >= 11 is 0. The molecular formula is C21H28N4O. The van der Waals surface area contributed by atoms with Gasteiger partial charge in [-0.05, 0) is 37.5 Å². The summed E-state index contributed by atoms with van der Waals surface area (Å²) in [7, 11) is 0. The minimum absolute atomic E-state index is 0.159. The van der Waals surface area contributed by atoms with E-state index in [1.165, 1.54) is 24.8 Å². The Morgan fingerprint density at radius 2 is 1.88 bits per heavy atom. The Kier molecular flexibility index (Phi) is 6.47. The number of carbonyl (C=O) groups is 1. The number of nitrogens with one attached hydrogen (secondary N) is 2. The van der Waals surface area contributed by atoms with Gasteiger partial charge in [0.2, 0.25) is 0 Å². The first-order chi connectivity index (χ1) is 12.7. The minimum Gasteiger partial charge on any atom is -0.366 e. The largest absolute Gasteiger partial charge is 0.366 e. The quantitative estimate of drug-likeness (QED) is 0.801. The fraction of sp³-hybridized carbons (Fsp3) is 0.429. The van der Waals surface area contributed by atoms with Crippen molar-refractivity contribution in [2.45, 2.75) is 51.6 Å². The van der Waals surface area contributed by atoms with Gasteiger partial charge >= 0.3 is 6.03 Å². The van der Waals surface area contributed by atoms with Crippen molar-refractivity contribution in [3.63, 3.8) is 0 Å². The van der Waals surface area contributed by atoms with Crippen molar-refractivity contribution in [2.24, 2.45) is 0 Å². The van der Waals surface area contributed by atoms with Gasteiger partial charge in [0.1, 0.15) is 5.82 Å². The van der Waals surface area contributed by atoms with Crippen molar-refractivity contribution >= 4 is 17.5 Å². The van der Waals surface area contributed by atoms with E-state index in [1.807, 2.05) is 24.4 Å². The van der Waals surface area contributed by atoms with Crippen molar-refractivity contribution in [3.05, 3.63) is 54.2 Å². The average molecular weight is 352 g/mol. The maximum absolute atomic E-state index is 12.1. The number of carbonyl (C=O) groups excluding carboxylic acids is 1. The monoisotopic (exact) mass is 352 g/mol. The topological polar surface area (TPSA) is 57.3 Å². The highest BCUT2D eigenvalue weighted by atomic mass is 16.2. The molecule has 0 atom stereocenters. The standard InChI is InChI=1S/C21H28N4O/c1-2-25(16-17-9-5-3-6-10-17)19-13-14-20(22-15-19)24-21(26)23-18-11-7-4-8-12-18/h3,5-6,9-10,13-15,18H,2,4,7-8,11-12,16H2,1H3,(H2,22,23,24,26). The van der Waals surface area contributed by atoms with E-state index in [4.69, 9.17) is 0 Å². The second-order valence-electron chi connectivity index (χ2n) is 6.83. The molecule has 2 aromatic rings. The lowest BCUT2D eigenvalue weighted by Crippen LogP contribution is -2.39. The number of urea groups is 1. The number of aromatic nitrogens is 1. The Morgan fingerprint density at radius 3 is 2.54 bits per heavy atom. The van der Waals surface area contributed by atoms with Crippen LogP contribution in [0.2, 0.25) is 0 Å². The highest BCUT2D eigenvalue weighted by molar-refractivity contribution is 5.88. The number of hydrogen-bond donors (Lipinski definition) is 2. The van der Waals surface area contributed by atoms with Crippen LogP contribution >= 0.6 is 0 Å². The van der Waals surface area contributed by atoms with Crippen molar-refractivity contribution in [1.82, 2.24) is 10.3 Å². The first-order valence-corrected chi connectivity index (χ1v) is 9.57. The highest BCUT2D eigenvalue weighted by Crippen LogP contribution is 2.19. The fourth-order valence-electron chi connectivity index (χ4n) is 3.42. The van der Waals surface area contributed by atoms with Gasteiger partial charge in [0.25, 0.3) is 0 Å². The van der Waals surface area contributed by atoms with Crippen LogP contribution in [0.15, 0.2) is 48.7 Å². The molecule has 1 saturated carbocycles. The Morgan fingerprint density at radius 1 is 1.12 bits per heavy atom. The van der Waals surface area contributed by atoms with E-state index < -0.39 is 0 Å². The van der Waals surface area contributed by atoms with E-state index in [9.17, 15) is 4.79 Å². The van der Waals surface area contributed by atoms with E-state index >= 15 is 0 Å². The first-order valence-electron chi connectivity index (χ1n) is 9.57. The van der Waals surface area contributed by atoms with Crippen LogP contribution < -0.4 is 15.5 Å². The molecule has 3 rings (SSSR count). The number of rotatable bonds is 6. The predicted octanol–water partition coefficient (Wildman–Crippen LogP) is 4.56. The molecule has 2 N–H and O–H groups in total. The van der Waals surface area contributed by atoms with Crippen molar-refractivity contribution in [1.29, 1.82) is 0 Å². The molecule has 1 aliphatic rings. The summed E-state index contributed by atoms with van der Waals surface area (Å²) < 4.78 is 0.